The Balaban J connectivity index is 1.37. The van der Waals surface area contributed by atoms with E-state index >= 15 is 0 Å². The van der Waals surface area contributed by atoms with Gasteiger partial charge >= 0.3 is 0 Å². The second-order valence-corrected chi connectivity index (χ2v) is 8.30. The Bertz CT molecular complexity index is 1420. The minimum absolute atomic E-state index is 0.0832. The maximum atomic E-state index is 13.3. The molecule has 10 nitrogen and oxygen atoms in total. The van der Waals surface area contributed by atoms with E-state index in [0.29, 0.717) is 41.1 Å². The average Bonchev–Trinajstić information content (AvgIpc) is 3.54. The molecule has 4 heterocycles. The van der Waals surface area contributed by atoms with Crippen molar-refractivity contribution in [2.24, 2.45) is 0 Å². The van der Waals surface area contributed by atoms with Crippen molar-refractivity contribution in [1.82, 2.24) is 29.3 Å². The van der Waals surface area contributed by atoms with Gasteiger partial charge in [0.25, 0.3) is 17.6 Å². The third-order valence-electron chi connectivity index (χ3n) is 6.14. The number of aryl methyl sites for hydroxylation is 1. The SMILES string of the molecule is COc1cnc(-n2cnc(C)c2)c2[nH]cc(C(=O)C(=O)N3CCN(C(=O)c4ccccc4)CC3)c12. The number of amides is 2. The van der Waals surface area contributed by atoms with Crippen LogP contribution in [-0.2, 0) is 4.79 Å². The molecule has 35 heavy (non-hydrogen) atoms. The van der Waals surface area contributed by atoms with Crippen molar-refractivity contribution >= 4 is 28.5 Å². The van der Waals surface area contributed by atoms with Gasteiger partial charge in [0.05, 0.1) is 35.5 Å². The number of hydrogen-bond acceptors (Lipinski definition) is 6. The number of nitrogens with zero attached hydrogens (tertiary/aromatic N) is 5. The molecule has 2 amide bonds. The van der Waals surface area contributed by atoms with E-state index in [1.165, 1.54) is 24.4 Å². The lowest BCUT2D eigenvalue weighted by atomic mass is 10.1. The molecule has 1 saturated heterocycles. The molecule has 0 atom stereocenters. The van der Waals surface area contributed by atoms with E-state index in [1.807, 2.05) is 31.3 Å². The van der Waals surface area contributed by atoms with E-state index in [9.17, 15) is 14.4 Å². The number of ether oxygens (including phenoxy) is 1. The van der Waals surface area contributed by atoms with Crippen LogP contribution in [-0.4, -0.2) is 80.2 Å². The first-order valence-corrected chi connectivity index (χ1v) is 11.2. The Morgan fingerprint density at radius 2 is 1.71 bits per heavy atom. The fourth-order valence-corrected chi connectivity index (χ4v) is 4.31. The van der Waals surface area contributed by atoms with E-state index in [2.05, 4.69) is 15.0 Å². The maximum Gasteiger partial charge on any atom is 0.295 e. The number of piperazine rings is 1. The summed E-state index contributed by atoms with van der Waals surface area (Å²) in [6.07, 6.45) is 6.48. The van der Waals surface area contributed by atoms with E-state index in [4.69, 9.17) is 4.74 Å². The van der Waals surface area contributed by atoms with Gasteiger partial charge < -0.3 is 19.5 Å². The van der Waals surface area contributed by atoms with Gasteiger partial charge in [-0.25, -0.2) is 9.97 Å². The van der Waals surface area contributed by atoms with Crippen LogP contribution in [0.15, 0.2) is 55.2 Å². The predicted octanol–water partition coefficient (Wildman–Crippen LogP) is 2.23. The van der Waals surface area contributed by atoms with Crippen LogP contribution in [0.4, 0.5) is 0 Å². The third kappa shape index (κ3) is 4.03. The number of methoxy groups -OCH3 is 1. The van der Waals surface area contributed by atoms with Crippen LogP contribution < -0.4 is 4.74 Å². The Hall–Kier alpha value is -4.47. The number of rotatable bonds is 5. The number of imidazole rings is 1. The molecule has 0 spiro atoms. The summed E-state index contributed by atoms with van der Waals surface area (Å²) in [6, 6.07) is 9.02. The van der Waals surface area contributed by atoms with Crippen molar-refractivity contribution in [3.05, 3.63) is 72.1 Å². The molecule has 0 unspecified atom stereocenters. The molecule has 178 valence electrons. The molecule has 0 aliphatic carbocycles. The number of fused-ring (bicyclic) bond motifs is 1. The number of ketones is 1. The smallest absolute Gasteiger partial charge is 0.295 e. The number of benzene rings is 1. The van der Waals surface area contributed by atoms with Crippen LogP contribution in [0.25, 0.3) is 16.7 Å². The molecule has 1 N–H and O–H groups in total. The number of carbonyl (C=O) groups is 3. The molecule has 4 aromatic rings. The number of Topliss-reactive ketones (excluding diaryl/α,β-unsaturated/α-hetero) is 1. The van der Waals surface area contributed by atoms with Crippen LogP contribution in [0.2, 0.25) is 0 Å². The summed E-state index contributed by atoms with van der Waals surface area (Å²) in [5.41, 5.74) is 2.20. The van der Waals surface area contributed by atoms with Gasteiger partial charge in [0.2, 0.25) is 0 Å². The number of hydrogen-bond donors (Lipinski definition) is 1. The summed E-state index contributed by atoms with van der Waals surface area (Å²) < 4.78 is 7.19. The third-order valence-corrected chi connectivity index (χ3v) is 6.14. The van der Waals surface area contributed by atoms with Crippen molar-refractivity contribution in [2.75, 3.05) is 33.3 Å². The summed E-state index contributed by atoms with van der Waals surface area (Å²) in [7, 11) is 1.49. The molecule has 0 bridgehead atoms. The molecule has 3 aromatic heterocycles. The summed E-state index contributed by atoms with van der Waals surface area (Å²) in [5, 5.41) is 0.486. The zero-order valence-electron chi connectivity index (χ0n) is 19.4. The van der Waals surface area contributed by atoms with E-state index in [0.717, 1.165) is 5.69 Å². The number of carbonyl (C=O) groups excluding carboxylic acids is 3. The van der Waals surface area contributed by atoms with Gasteiger partial charge in [-0.05, 0) is 19.1 Å². The second kappa shape index (κ2) is 9.05. The molecule has 5 rings (SSSR count). The summed E-state index contributed by atoms with van der Waals surface area (Å²) >= 11 is 0. The van der Waals surface area contributed by atoms with Crippen molar-refractivity contribution in [3.63, 3.8) is 0 Å². The lowest BCUT2D eigenvalue weighted by molar-refractivity contribution is -0.127. The zero-order chi connectivity index (χ0) is 24.5. The molecule has 1 aliphatic rings. The van der Waals surface area contributed by atoms with Crippen molar-refractivity contribution in [2.45, 2.75) is 6.92 Å². The van der Waals surface area contributed by atoms with E-state index in [1.54, 1.807) is 27.9 Å². The molecule has 1 aromatic carbocycles. The monoisotopic (exact) mass is 472 g/mol. The Kier molecular flexibility index (Phi) is 5.77. The zero-order valence-corrected chi connectivity index (χ0v) is 19.4. The molecular weight excluding hydrogens is 448 g/mol. The normalized spacial score (nSPS) is 13.8. The highest BCUT2D eigenvalue weighted by atomic mass is 16.5. The molecule has 10 heteroatoms. The largest absolute Gasteiger partial charge is 0.494 e. The molecule has 1 fully saturated rings. The summed E-state index contributed by atoms with van der Waals surface area (Å²) in [5.74, 6) is -0.412. The van der Waals surface area contributed by atoms with E-state index < -0.39 is 11.7 Å². The number of nitrogens with one attached hydrogen (secondary N) is 1. The first-order chi connectivity index (χ1) is 17.0. The van der Waals surface area contributed by atoms with Gasteiger partial charge in [-0.3, -0.25) is 19.0 Å². The average molecular weight is 473 g/mol. The fourth-order valence-electron chi connectivity index (χ4n) is 4.31. The van der Waals surface area contributed by atoms with E-state index in [-0.39, 0.29) is 24.6 Å². The minimum atomic E-state index is -0.642. The second-order valence-electron chi connectivity index (χ2n) is 8.30. The van der Waals surface area contributed by atoms with Crippen molar-refractivity contribution < 1.29 is 19.1 Å². The van der Waals surface area contributed by atoms with Crippen LogP contribution in [0.3, 0.4) is 0 Å². The first-order valence-electron chi connectivity index (χ1n) is 11.2. The topological polar surface area (TPSA) is 113 Å². The lowest BCUT2D eigenvalue weighted by Crippen LogP contribution is -2.52. The quantitative estimate of drug-likeness (QED) is 0.352. The number of aromatic nitrogens is 4. The number of H-pyrrole nitrogens is 1. The minimum Gasteiger partial charge on any atom is -0.494 e. The maximum absolute atomic E-state index is 13.3. The summed E-state index contributed by atoms with van der Waals surface area (Å²) in [6.45, 7) is 3.15. The van der Waals surface area contributed by atoms with Crippen LogP contribution >= 0.6 is 0 Å². The number of pyridine rings is 1. The van der Waals surface area contributed by atoms with Crippen LogP contribution in [0, 0.1) is 6.92 Å². The van der Waals surface area contributed by atoms with Crippen LogP contribution in [0.1, 0.15) is 26.4 Å². The number of aromatic amines is 1. The van der Waals surface area contributed by atoms with Gasteiger partial charge in [-0.1, -0.05) is 18.2 Å². The van der Waals surface area contributed by atoms with Gasteiger partial charge in [0, 0.05) is 44.1 Å². The molecule has 1 aliphatic heterocycles. The highest BCUT2D eigenvalue weighted by Gasteiger charge is 2.31. The van der Waals surface area contributed by atoms with Gasteiger partial charge in [-0.2, -0.15) is 0 Å². The first kappa shape index (κ1) is 22.3. The Labute approximate surface area is 201 Å². The Morgan fingerprint density at radius 1 is 1.00 bits per heavy atom. The molecule has 0 radical (unpaired) electrons. The van der Waals surface area contributed by atoms with Gasteiger partial charge in [0.1, 0.15) is 12.1 Å². The van der Waals surface area contributed by atoms with Crippen molar-refractivity contribution in [1.29, 1.82) is 0 Å². The summed E-state index contributed by atoms with van der Waals surface area (Å²) in [4.78, 5) is 54.1. The lowest BCUT2D eigenvalue weighted by Gasteiger charge is -2.34. The van der Waals surface area contributed by atoms with Crippen molar-refractivity contribution in [3.8, 4) is 11.6 Å². The van der Waals surface area contributed by atoms with Gasteiger partial charge in [0.15, 0.2) is 5.82 Å². The highest BCUT2D eigenvalue weighted by Crippen LogP contribution is 2.32. The molecule has 0 saturated carbocycles. The fraction of sp³-hybridized carbons (Fsp3) is 0.240. The standard InChI is InChI=1S/C25H24N6O4/c1-16-14-31(15-28-16)23-21-20(19(35-2)13-27-23)18(12-26-21)22(32)25(34)30-10-8-29(9-11-30)24(33)17-6-4-3-5-7-17/h3-7,12-15,26H,8-11H2,1-2H3. The highest BCUT2D eigenvalue weighted by molar-refractivity contribution is 6.45. The Morgan fingerprint density at radius 3 is 2.37 bits per heavy atom. The predicted molar refractivity (Wildman–Crippen MR) is 128 cm³/mol. The van der Waals surface area contributed by atoms with Gasteiger partial charge in [-0.15, -0.1) is 0 Å². The molecular formula is C25H24N6O4. The van der Waals surface area contributed by atoms with Crippen LogP contribution in [0.5, 0.6) is 5.75 Å².